The van der Waals surface area contributed by atoms with E-state index in [0.717, 1.165) is 5.56 Å². The van der Waals surface area contributed by atoms with E-state index >= 15 is 0 Å². The Morgan fingerprint density at radius 1 is 0.886 bits per heavy atom. The smallest absolute Gasteiger partial charge is 0.338 e. The minimum Gasteiger partial charge on any atom is -0.490 e. The molecule has 0 bridgehead atoms. The molecule has 35 heavy (non-hydrogen) atoms. The lowest BCUT2D eigenvalue weighted by molar-refractivity contribution is -0.140. The number of ether oxygens (including phenoxy) is 3. The molecule has 1 aliphatic heterocycles. The fourth-order valence-electron chi connectivity index (χ4n) is 3.81. The van der Waals surface area contributed by atoms with Crippen molar-refractivity contribution in [1.82, 2.24) is 10.2 Å². The molecular formula is C28H28N2O5. The van der Waals surface area contributed by atoms with Crippen molar-refractivity contribution < 1.29 is 23.8 Å². The van der Waals surface area contributed by atoms with Crippen molar-refractivity contribution in [2.75, 3.05) is 20.3 Å². The number of hydrogen-bond acceptors (Lipinski definition) is 5. The highest BCUT2D eigenvalue weighted by atomic mass is 16.6. The van der Waals surface area contributed by atoms with Gasteiger partial charge in [-0.05, 0) is 30.7 Å². The third-order valence-electron chi connectivity index (χ3n) is 5.77. The van der Waals surface area contributed by atoms with Crippen LogP contribution in [-0.2, 0) is 16.1 Å². The maximum absolute atomic E-state index is 13.2. The molecule has 1 aliphatic rings. The van der Waals surface area contributed by atoms with Gasteiger partial charge in [0.25, 0.3) is 0 Å². The van der Waals surface area contributed by atoms with Gasteiger partial charge in [0.1, 0.15) is 31.3 Å². The Morgan fingerprint density at radius 3 is 2.29 bits per heavy atom. The monoisotopic (exact) mass is 472 g/mol. The van der Waals surface area contributed by atoms with E-state index in [4.69, 9.17) is 14.2 Å². The molecule has 4 rings (SSSR count). The quantitative estimate of drug-likeness (QED) is 0.356. The van der Waals surface area contributed by atoms with Crippen LogP contribution in [-0.4, -0.2) is 37.2 Å². The van der Waals surface area contributed by atoms with Crippen LogP contribution in [0, 0.1) is 0 Å². The molecule has 2 amide bonds. The minimum absolute atomic E-state index is 0.0705. The molecule has 0 saturated heterocycles. The Bertz CT molecular complexity index is 1190. The molecule has 0 saturated carbocycles. The van der Waals surface area contributed by atoms with E-state index < -0.39 is 12.0 Å². The number of para-hydroxylation sites is 2. The van der Waals surface area contributed by atoms with Gasteiger partial charge < -0.3 is 24.4 Å². The molecule has 180 valence electrons. The molecule has 0 radical (unpaired) electrons. The number of allylic oxidation sites excluding steroid dienone is 1. The average Bonchev–Trinajstić information content (AvgIpc) is 2.89. The Balaban J connectivity index is 1.52. The van der Waals surface area contributed by atoms with Crippen LogP contribution < -0.4 is 14.8 Å². The summed E-state index contributed by atoms with van der Waals surface area (Å²) in [5.41, 5.74) is 2.56. The highest BCUT2D eigenvalue weighted by Crippen LogP contribution is 2.35. The molecule has 7 nitrogen and oxygen atoms in total. The number of carbonyl (C=O) groups excluding carboxylic acids is 2. The average molecular weight is 473 g/mol. The van der Waals surface area contributed by atoms with Gasteiger partial charge in [0.2, 0.25) is 0 Å². The number of rotatable bonds is 9. The predicted octanol–water partition coefficient (Wildman–Crippen LogP) is 4.86. The molecule has 0 aromatic heterocycles. The summed E-state index contributed by atoms with van der Waals surface area (Å²) < 4.78 is 17.2. The van der Waals surface area contributed by atoms with Gasteiger partial charge in [-0.25, -0.2) is 9.59 Å². The van der Waals surface area contributed by atoms with E-state index in [9.17, 15) is 9.59 Å². The van der Waals surface area contributed by atoms with Crippen LogP contribution in [0.4, 0.5) is 4.79 Å². The summed E-state index contributed by atoms with van der Waals surface area (Å²) in [5, 5.41) is 2.92. The van der Waals surface area contributed by atoms with Gasteiger partial charge in [0, 0.05) is 18.3 Å². The van der Waals surface area contributed by atoms with Gasteiger partial charge in [-0.15, -0.1) is 0 Å². The SMILES string of the molecule is CC1=C(C(=O)OCCOc2ccccc2)[C@@H](c2ccccc2OCc2ccccc2)NC(=O)N1C. The van der Waals surface area contributed by atoms with Crippen molar-refractivity contribution in [1.29, 1.82) is 0 Å². The molecule has 3 aromatic carbocycles. The molecule has 1 N–H and O–H groups in total. The van der Waals surface area contributed by atoms with Crippen LogP contribution in [0.1, 0.15) is 24.1 Å². The van der Waals surface area contributed by atoms with Crippen molar-refractivity contribution >= 4 is 12.0 Å². The normalized spacial score (nSPS) is 15.4. The summed E-state index contributed by atoms with van der Waals surface area (Å²) >= 11 is 0. The van der Waals surface area contributed by atoms with Crippen molar-refractivity contribution in [3.05, 3.63) is 107 Å². The number of amides is 2. The minimum atomic E-state index is -0.715. The second kappa shape index (κ2) is 11.2. The van der Waals surface area contributed by atoms with Crippen LogP contribution in [0.15, 0.2) is 96.2 Å². The first-order valence-corrected chi connectivity index (χ1v) is 11.4. The van der Waals surface area contributed by atoms with E-state index in [2.05, 4.69) is 5.32 Å². The zero-order chi connectivity index (χ0) is 24.6. The lowest BCUT2D eigenvalue weighted by Gasteiger charge is -2.33. The summed E-state index contributed by atoms with van der Waals surface area (Å²) in [6.07, 6.45) is 0. The van der Waals surface area contributed by atoms with Crippen LogP contribution in [0.5, 0.6) is 11.5 Å². The van der Waals surface area contributed by atoms with Crippen molar-refractivity contribution in [2.24, 2.45) is 0 Å². The van der Waals surface area contributed by atoms with Crippen LogP contribution in [0.2, 0.25) is 0 Å². The van der Waals surface area contributed by atoms with E-state index in [1.165, 1.54) is 4.90 Å². The number of nitrogens with one attached hydrogen (secondary N) is 1. The molecule has 1 atom stereocenters. The molecule has 1 heterocycles. The predicted molar refractivity (Wildman–Crippen MR) is 132 cm³/mol. The van der Waals surface area contributed by atoms with Gasteiger partial charge in [-0.3, -0.25) is 0 Å². The van der Waals surface area contributed by atoms with E-state index in [1.807, 2.05) is 84.9 Å². The number of nitrogens with zero attached hydrogens (tertiary/aromatic N) is 1. The second-order valence-corrected chi connectivity index (χ2v) is 8.05. The number of hydrogen-bond donors (Lipinski definition) is 1. The summed E-state index contributed by atoms with van der Waals surface area (Å²) in [5.74, 6) is 0.761. The first-order chi connectivity index (χ1) is 17.0. The van der Waals surface area contributed by atoms with Crippen molar-refractivity contribution in [2.45, 2.75) is 19.6 Å². The summed E-state index contributed by atoms with van der Waals surface area (Å²) in [7, 11) is 1.62. The summed E-state index contributed by atoms with van der Waals surface area (Å²) in [6.45, 7) is 2.38. The molecule has 3 aromatic rings. The van der Waals surface area contributed by atoms with Gasteiger partial charge in [-0.1, -0.05) is 66.7 Å². The third-order valence-corrected chi connectivity index (χ3v) is 5.77. The summed E-state index contributed by atoms with van der Waals surface area (Å²) in [4.78, 5) is 27.2. The molecule has 7 heteroatoms. The molecular weight excluding hydrogens is 444 g/mol. The van der Waals surface area contributed by atoms with Crippen LogP contribution in [0.3, 0.4) is 0 Å². The number of urea groups is 1. The lowest BCUT2D eigenvalue weighted by Crippen LogP contribution is -2.46. The largest absolute Gasteiger partial charge is 0.490 e. The van der Waals surface area contributed by atoms with Crippen molar-refractivity contribution in [3.63, 3.8) is 0 Å². The maximum Gasteiger partial charge on any atom is 0.338 e. The molecule has 0 fully saturated rings. The number of esters is 1. The molecule has 0 spiro atoms. The van der Waals surface area contributed by atoms with Crippen LogP contribution >= 0.6 is 0 Å². The van der Waals surface area contributed by atoms with Gasteiger partial charge in [-0.2, -0.15) is 0 Å². The highest BCUT2D eigenvalue weighted by Gasteiger charge is 2.36. The van der Waals surface area contributed by atoms with E-state index in [1.54, 1.807) is 14.0 Å². The van der Waals surface area contributed by atoms with Crippen LogP contribution in [0.25, 0.3) is 0 Å². The highest BCUT2D eigenvalue weighted by molar-refractivity contribution is 5.95. The van der Waals surface area contributed by atoms with Gasteiger partial charge >= 0.3 is 12.0 Å². The first kappa shape index (κ1) is 23.9. The molecule has 0 unspecified atom stereocenters. The van der Waals surface area contributed by atoms with E-state index in [-0.39, 0.29) is 19.2 Å². The Labute approximate surface area is 204 Å². The fraction of sp³-hybridized carbons (Fsp3) is 0.214. The Morgan fingerprint density at radius 2 is 1.54 bits per heavy atom. The Hall–Kier alpha value is -4.26. The van der Waals surface area contributed by atoms with Gasteiger partial charge in [0.15, 0.2) is 0 Å². The first-order valence-electron chi connectivity index (χ1n) is 11.4. The fourth-order valence-corrected chi connectivity index (χ4v) is 3.81. The maximum atomic E-state index is 13.2. The van der Waals surface area contributed by atoms with Gasteiger partial charge in [0.05, 0.1) is 11.6 Å². The number of benzene rings is 3. The van der Waals surface area contributed by atoms with Crippen molar-refractivity contribution in [3.8, 4) is 11.5 Å². The van der Waals surface area contributed by atoms with E-state index in [0.29, 0.717) is 34.9 Å². The zero-order valence-electron chi connectivity index (χ0n) is 19.8. The lowest BCUT2D eigenvalue weighted by atomic mass is 9.94. The summed E-state index contributed by atoms with van der Waals surface area (Å²) in [6, 6.07) is 25.5. The Kier molecular flexibility index (Phi) is 7.67. The second-order valence-electron chi connectivity index (χ2n) is 8.05. The number of carbonyl (C=O) groups is 2. The third kappa shape index (κ3) is 5.81. The molecule has 0 aliphatic carbocycles. The standard InChI is InChI=1S/C28H28N2O5/c1-20-25(27(31)34-18-17-33-22-13-7-4-8-14-22)26(29-28(32)30(20)2)23-15-9-10-16-24(23)35-19-21-11-5-3-6-12-21/h3-16,26H,17-19H2,1-2H3,(H,29,32)/t26-/m1/s1. The zero-order valence-corrected chi connectivity index (χ0v) is 19.8. The topological polar surface area (TPSA) is 77.1 Å².